The molecule has 27 rings (SSSR count). The summed E-state index contributed by atoms with van der Waals surface area (Å²) in [5.74, 6) is 3.30. The Labute approximate surface area is 812 Å². The van der Waals surface area contributed by atoms with Gasteiger partial charge in [-0.25, -0.2) is 49.8 Å². The van der Waals surface area contributed by atoms with Gasteiger partial charge in [-0.2, -0.15) is 0 Å². The number of para-hydroxylation sites is 9. The zero-order valence-corrected chi connectivity index (χ0v) is 76.2. The van der Waals surface area contributed by atoms with Gasteiger partial charge in [0.05, 0.1) is 89.5 Å². The molecule has 0 spiro atoms. The van der Waals surface area contributed by atoms with Gasteiger partial charge in [0.1, 0.15) is 0 Å². The van der Waals surface area contributed by atoms with E-state index >= 15 is 0 Å². The Hall–Kier alpha value is -19.2. The molecule has 27 aromatic rings. The molecule has 0 aliphatic carbocycles. The molecule has 0 fully saturated rings. The minimum Gasteiger partial charge on any atom is -0.307 e. The van der Waals surface area contributed by atoms with Gasteiger partial charge in [-0.05, 0) is 84.9 Å². The van der Waals surface area contributed by atoms with Gasteiger partial charge in [-0.15, -0.1) is 0 Å². The molecule has 9 aromatic heterocycles. The maximum atomic E-state index is 5.32. The van der Waals surface area contributed by atoms with Crippen LogP contribution in [0.2, 0.25) is 0 Å². The molecule has 0 saturated heterocycles. The molecular weight excluding hydrogens is 1720 g/mol. The molecular formula is C128H83N13. The van der Waals surface area contributed by atoms with E-state index in [1.807, 2.05) is 133 Å². The lowest BCUT2D eigenvalue weighted by molar-refractivity contribution is 1.07. The predicted octanol–water partition coefficient (Wildman–Crippen LogP) is 31.8. The van der Waals surface area contributed by atoms with E-state index in [4.69, 9.17) is 49.8 Å². The Bertz CT molecular complexity index is 8310. The number of hydrogen-bond donors (Lipinski definition) is 0. The molecule has 13 heteroatoms. The molecule has 9 heterocycles. The predicted molar refractivity (Wildman–Crippen MR) is 578 cm³/mol. The van der Waals surface area contributed by atoms with Crippen LogP contribution in [-0.2, 0) is 0 Å². The van der Waals surface area contributed by atoms with Gasteiger partial charge in [0.2, 0.25) is 0 Å². The maximum Gasteiger partial charge on any atom is 0.164 e. The van der Waals surface area contributed by atoms with E-state index in [0.29, 0.717) is 29.1 Å². The highest BCUT2D eigenvalue weighted by atomic mass is 15.0. The van der Waals surface area contributed by atoms with Crippen molar-refractivity contribution >= 4 is 98.1 Å². The standard InChI is InChI=1S/2C43H28N4.C42H27N5/c1-4-14-29(15-5-1)37-28-38(46-43(45-37)32-16-6-2-7-17-32)30-24-26-31(27-25-30)41-42-40(34-20-10-12-22-36(34)44-41)35-21-11-13-23-39(35)47(42)33-18-8-3-9-19-33;1-4-14-29(15-5-1)37-28-38(30-16-6-2-7-17-30)46-43(45-37)32-26-24-31(25-27-32)41-42-40(34-20-10-12-22-36(34)44-41)35-21-11-13-23-39(35)47(42)33-18-8-3-9-19-33;1-4-14-29(15-5-1)40-44-41(30-16-6-2-7-17-30)46-42(45-40)31-26-24-28(25-27-31)38-39-37(33-20-10-12-22-35(33)43-38)34-21-11-13-23-36(34)47(39)32-18-8-3-9-19-32/h2*1-28H;1-27H. The molecule has 0 aliphatic rings. The monoisotopic (exact) mass is 1800 g/mol. The van der Waals surface area contributed by atoms with Gasteiger partial charge in [0, 0.05) is 132 Å². The highest BCUT2D eigenvalue weighted by Crippen LogP contribution is 2.47. The van der Waals surface area contributed by atoms with E-state index in [2.05, 4.69) is 384 Å². The minimum absolute atomic E-state index is 0.624. The van der Waals surface area contributed by atoms with Crippen LogP contribution in [0, 0.1) is 0 Å². The highest BCUT2D eigenvalue weighted by molar-refractivity contribution is 6.26. The summed E-state index contributed by atoms with van der Waals surface area (Å²) in [6.07, 6.45) is 0. The fraction of sp³-hybridized carbons (Fsp3) is 0. The number of pyridine rings is 3. The number of rotatable bonds is 15. The summed E-state index contributed by atoms with van der Waals surface area (Å²) in [4.78, 5) is 50.7. The van der Waals surface area contributed by atoms with Crippen LogP contribution >= 0.6 is 0 Å². The molecule has 13 nitrogen and oxygen atoms in total. The molecule has 18 aromatic carbocycles. The number of hydrogen-bond acceptors (Lipinski definition) is 10. The highest BCUT2D eigenvalue weighted by Gasteiger charge is 2.27. The summed E-state index contributed by atoms with van der Waals surface area (Å²) < 4.78 is 7.06. The van der Waals surface area contributed by atoms with Gasteiger partial charge in [-0.1, -0.05) is 419 Å². The smallest absolute Gasteiger partial charge is 0.164 e. The maximum absolute atomic E-state index is 5.32. The van der Waals surface area contributed by atoms with Crippen LogP contribution in [0.5, 0.6) is 0 Å². The van der Waals surface area contributed by atoms with E-state index < -0.39 is 0 Å². The zero-order chi connectivity index (χ0) is 93.5. The Morgan fingerprint density at radius 3 is 0.582 bits per heavy atom. The van der Waals surface area contributed by atoms with Gasteiger partial charge in [0.15, 0.2) is 29.1 Å². The number of fused-ring (bicyclic) bond motifs is 15. The lowest BCUT2D eigenvalue weighted by Crippen LogP contribution is -2.00. The van der Waals surface area contributed by atoms with Gasteiger partial charge < -0.3 is 13.7 Å². The molecule has 0 amide bonds. The molecule has 0 unspecified atom stereocenters. The molecule has 0 saturated carbocycles. The van der Waals surface area contributed by atoms with Crippen molar-refractivity contribution < 1.29 is 0 Å². The van der Waals surface area contributed by atoms with Crippen LogP contribution in [0.3, 0.4) is 0 Å². The van der Waals surface area contributed by atoms with Crippen LogP contribution in [0.1, 0.15) is 0 Å². The third-order valence-electron chi connectivity index (χ3n) is 26.2. The number of nitrogens with zero attached hydrogens (tertiary/aromatic N) is 13. The lowest BCUT2D eigenvalue weighted by atomic mass is 10.0. The van der Waals surface area contributed by atoms with E-state index in [-0.39, 0.29) is 0 Å². The first-order valence-electron chi connectivity index (χ1n) is 47.3. The van der Waals surface area contributed by atoms with Gasteiger partial charge >= 0.3 is 0 Å². The molecule has 141 heavy (non-hydrogen) atoms. The first-order valence-corrected chi connectivity index (χ1v) is 47.3. The van der Waals surface area contributed by atoms with E-state index in [1.54, 1.807) is 0 Å². The Balaban J connectivity index is 0.000000111. The van der Waals surface area contributed by atoms with Crippen molar-refractivity contribution in [3.05, 3.63) is 504 Å². The molecule has 0 bridgehead atoms. The minimum atomic E-state index is 0.624. The second-order valence-electron chi connectivity index (χ2n) is 34.8. The summed E-state index contributed by atoms with van der Waals surface area (Å²) in [6.45, 7) is 0. The van der Waals surface area contributed by atoms with Crippen molar-refractivity contribution in [2.24, 2.45) is 0 Å². The van der Waals surface area contributed by atoms with Crippen LogP contribution in [0.15, 0.2) is 504 Å². The lowest BCUT2D eigenvalue weighted by Gasteiger charge is -2.13. The Kier molecular flexibility index (Phi) is 21.6. The molecule has 0 aliphatic heterocycles. The molecule has 0 radical (unpaired) electrons. The van der Waals surface area contributed by atoms with Crippen molar-refractivity contribution in [2.75, 3.05) is 0 Å². The summed E-state index contributed by atoms with van der Waals surface area (Å²) in [5.41, 5.74) is 31.4. The SMILES string of the molecule is c1ccc(-c2cc(-c3ccc(-c4nc5ccccc5c5c6ccccc6n(-c6ccccc6)c45)cc3)nc(-c3ccccc3)n2)cc1.c1ccc(-c2cc(-c3ccccc3)nc(-c3ccc(-c4nc5ccccc5c5c6ccccc6n(-c6ccccc6)c45)cc3)n2)cc1.c1ccc(-c2nc(-c3ccccc3)nc(-c3ccc(-c4nc5ccccc5c5c6ccccc6n(-c6ccccc6)c45)cc3)n2)cc1. The summed E-state index contributed by atoms with van der Waals surface area (Å²) >= 11 is 0. The average Bonchev–Trinajstić information content (AvgIpc) is 1.57. The number of aromatic nitrogens is 13. The first kappa shape index (κ1) is 83.6. The van der Waals surface area contributed by atoms with Crippen molar-refractivity contribution in [1.29, 1.82) is 0 Å². The number of benzene rings is 18. The summed E-state index contributed by atoms with van der Waals surface area (Å²) in [7, 11) is 0. The van der Waals surface area contributed by atoms with Crippen LogP contribution < -0.4 is 0 Å². The Morgan fingerprint density at radius 2 is 0.319 bits per heavy atom. The fourth-order valence-corrected chi connectivity index (χ4v) is 19.7. The van der Waals surface area contributed by atoms with E-state index in [9.17, 15) is 0 Å². The quantitative estimate of drug-likeness (QED) is 0.0973. The van der Waals surface area contributed by atoms with E-state index in [0.717, 1.165) is 189 Å². The van der Waals surface area contributed by atoms with Crippen molar-refractivity contribution in [1.82, 2.24) is 63.5 Å². The third kappa shape index (κ3) is 15.8. The zero-order valence-electron chi connectivity index (χ0n) is 76.2. The second kappa shape index (κ2) is 36.5. The van der Waals surface area contributed by atoms with Gasteiger partial charge in [-0.3, -0.25) is 0 Å². The summed E-state index contributed by atoms with van der Waals surface area (Å²) in [5, 5.41) is 10.7. The van der Waals surface area contributed by atoms with Gasteiger partial charge in [0.25, 0.3) is 0 Å². The molecule has 0 atom stereocenters. The fourth-order valence-electron chi connectivity index (χ4n) is 19.7. The molecule has 660 valence electrons. The largest absolute Gasteiger partial charge is 0.307 e. The second-order valence-corrected chi connectivity index (χ2v) is 34.8. The molecule has 0 N–H and O–H groups in total. The van der Waals surface area contributed by atoms with E-state index in [1.165, 1.54) is 32.3 Å². The van der Waals surface area contributed by atoms with Crippen LogP contribution in [0.4, 0.5) is 0 Å². The van der Waals surface area contributed by atoms with Crippen molar-refractivity contribution in [3.8, 4) is 153 Å². The Morgan fingerprint density at radius 1 is 0.135 bits per heavy atom. The van der Waals surface area contributed by atoms with Crippen LogP contribution in [0.25, 0.3) is 251 Å². The van der Waals surface area contributed by atoms with Crippen molar-refractivity contribution in [2.45, 2.75) is 0 Å². The summed E-state index contributed by atoms with van der Waals surface area (Å²) in [6, 6.07) is 174. The first-order chi connectivity index (χ1) is 69.9. The average molecular weight is 1800 g/mol. The van der Waals surface area contributed by atoms with Crippen LogP contribution in [-0.4, -0.2) is 63.5 Å². The van der Waals surface area contributed by atoms with Crippen molar-refractivity contribution in [3.63, 3.8) is 0 Å². The topological polar surface area (TPSA) is 144 Å². The normalized spacial score (nSPS) is 11.4. The third-order valence-corrected chi connectivity index (χ3v) is 26.2.